The molecule has 0 saturated heterocycles. The Bertz CT molecular complexity index is 257. The van der Waals surface area contributed by atoms with E-state index in [0.29, 0.717) is 0 Å². The van der Waals surface area contributed by atoms with Crippen molar-refractivity contribution in [2.75, 3.05) is 6.61 Å². The van der Waals surface area contributed by atoms with Crippen LogP contribution in [0.5, 0.6) is 0 Å². The van der Waals surface area contributed by atoms with Crippen LogP contribution >= 0.6 is 0 Å². The fourth-order valence-corrected chi connectivity index (χ4v) is 1.45. The number of ether oxygens (including phenoxy) is 1. The van der Waals surface area contributed by atoms with E-state index in [9.17, 15) is 4.79 Å². The van der Waals surface area contributed by atoms with E-state index in [1.165, 1.54) is 12.8 Å². The lowest BCUT2D eigenvalue weighted by molar-refractivity contribution is -0.127. The van der Waals surface area contributed by atoms with Crippen LogP contribution in [0, 0.1) is 17.8 Å². The molecule has 0 fully saturated rings. The predicted octanol–water partition coefficient (Wildman–Crippen LogP) is 2.56. The quantitative estimate of drug-likeness (QED) is 0.664. The summed E-state index contributed by atoms with van der Waals surface area (Å²) in [4.78, 5) is 11.4. The molecule has 15 heavy (non-hydrogen) atoms. The van der Waals surface area contributed by atoms with Crippen molar-refractivity contribution < 1.29 is 9.53 Å². The molecule has 0 amide bonds. The summed E-state index contributed by atoms with van der Waals surface area (Å²) in [5.74, 6) is 6.42. The van der Waals surface area contributed by atoms with E-state index in [-0.39, 0.29) is 24.4 Å². The molecule has 1 unspecified atom stereocenters. The highest BCUT2D eigenvalue weighted by Gasteiger charge is 2.12. The van der Waals surface area contributed by atoms with Gasteiger partial charge in [0.15, 0.2) is 5.78 Å². The van der Waals surface area contributed by atoms with Gasteiger partial charge >= 0.3 is 0 Å². The van der Waals surface area contributed by atoms with Gasteiger partial charge in [-0.15, -0.1) is 5.92 Å². The summed E-state index contributed by atoms with van der Waals surface area (Å²) in [5.41, 5.74) is 0. The lowest BCUT2D eigenvalue weighted by Crippen LogP contribution is -2.20. The summed E-state index contributed by atoms with van der Waals surface area (Å²) >= 11 is 0. The second-order valence-electron chi connectivity index (χ2n) is 4.34. The summed E-state index contributed by atoms with van der Waals surface area (Å²) in [6.07, 6.45) is 5.51. The van der Waals surface area contributed by atoms with Crippen LogP contribution in [-0.4, -0.2) is 18.5 Å². The van der Waals surface area contributed by atoms with E-state index in [2.05, 4.69) is 11.8 Å². The molecule has 0 saturated carbocycles. The normalized spacial score (nSPS) is 21.4. The molecule has 0 bridgehead atoms. The number of carbonyl (C=O) groups excluding carboxylic acids is 1. The third-order valence-corrected chi connectivity index (χ3v) is 2.60. The molecule has 1 atom stereocenters. The van der Waals surface area contributed by atoms with Crippen LogP contribution in [-0.2, 0) is 9.53 Å². The van der Waals surface area contributed by atoms with Crippen molar-refractivity contribution in [1.82, 2.24) is 0 Å². The Morgan fingerprint density at radius 1 is 1.40 bits per heavy atom. The van der Waals surface area contributed by atoms with Crippen molar-refractivity contribution in [2.24, 2.45) is 5.92 Å². The van der Waals surface area contributed by atoms with Gasteiger partial charge in [-0.25, -0.2) is 0 Å². The average Bonchev–Trinajstić information content (AvgIpc) is 2.15. The van der Waals surface area contributed by atoms with Crippen molar-refractivity contribution in [1.29, 1.82) is 0 Å². The summed E-state index contributed by atoms with van der Waals surface area (Å²) in [6, 6.07) is 0. The van der Waals surface area contributed by atoms with Crippen LogP contribution in [0.1, 0.15) is 46.0 Å². The first-order valence-corrected chi connectivity index (χ1v) is 5.83. The van der Waals surface area contributed by atoms with Crippen molar-refractivity contribution in [3.8, 4) is 11.8 Å². The van der Waals surface area contributed by atoms with E-state index in [1.54, 1.807) is 0 Å². The van der Waals surface area contributed by atoms with Crippen LogP contribution in [0.4, 0.5) is 0 Å². The SMILES string of the molecule is CC(C)C(=O)COC1C#CCCCCC1. The second kappa shape index (κ2) is 6.63. The molecule has 1 rings (SSSR count). The van der Waals surface area contributed by atoms with E-state index < -0.39 is 0 Å². The molecule has 1 aliphatic rings. The Labute approximate surface area is 92.4 Å². The summed E-state index contributed by atoms with van der Waals surface area (Å²) < 4.78 is 5.52. The first kappa shape index (κ1) is 12.3. The second-order valence-corrected chi connectivity index (χ2v) is 4.34. The molecule has 0 radical (unpaired) electrons. The zero-order valence-corrected chi connectivity index (χ0v) is 9.71. The first-order valence-electron chi connectivity index (χ1n) is 5.83. The Balaban J connectivity index is 2.32. The Kier molecular flexibility index (Phi) is 5.42. The number of rotatable bonds is 4. The van der Waals surface area contributed by atoms with Gasteiger partial charge in [-0.2, -0.15) is 0 Å². The summed E-state index contributed by atoms with van der Waals surface area (Å²) in [6.45, 7) is 4.02. The average molecular weight is 208 g/mol. The zero-order valence-electron chi connectivity index (χ0n) is 9.71. The largest absolute Gasteiger partial charge is 0.358 e. The number of Topliss-reactive ketones (excluding diaryl/α,β-unsaturated/α-hetero) is 1. The minimum absolute atomic E-state index is 0.0204. The highest BCUT2D eigenvalue weighted by molar-refractivity contribution is 5.81. The fourth-order valence-electron chi connectivity index (χ4n) is 1.45. The lowest BCUT2D eigenvalue weighted by Gasteiger charge is -2.14. The van der Waals surface area contributed by atoms with Crippen LogP contribution in [0.3, 0.4) is 0 Å². The molecule has 2 heteroatoms. The molecular weight excluding hydrogens is 188 g/mol. The maximum absolute atomic E-state index is 11.4. The van der Waals surface area contributed by atoms with E-state index >= 15 is 0 Å². The van der Waals surface area contributed by atoms with Gasteiger partial charge < -0.3 is 4.74 Å². The van der Waals surface area contributed by atoms with Crippen molar-refractivity contribution in [3.05, 3.63) is 0 Å². The summed E-state index contributed by atoms with van der Waals surface area (Å²) in [5, 5.41) is 0. The molecule has 0 aromatic heterocycles. The fraction of sp³-hybridized carbons (Fsp3) is 0.769. The third-order valence-electron chi connectivity index (χ3n) is 2.60. The summed E-state index contributed by atoms with van der Waals surface area (Å²) in [7, 11) is 0. The van der Waals surface area contributed by atoms with E-state index in [0.717, 1.165) is 19.3 Å². The maximum atomic E-state index is 11.4. The van der Waals surface area contributed by atoms with E-state index in [4.69, 9.17) is 4.74 Å². The lowest BCUT2D eigenvalue weighted by atomic mass is 10.1. The van der Waals surface area contributed by atoms with Gasteiger partial charge in [0.05, 0.1) is 0 Å². The van der Waals surface area contributed by atoms with Gasteiger partial charge in [0.2, 0.25) is 0 Å². The van der Waals surface area contributed by atoms with Crippen LogP contribution in [0.2, 0.25) is 0 Å². The van der Waals surface area contributed by atoms with Gasteiger partial charge in [-0.3, -0.25) is 4.79 Å². The third kappa shape index (κ3) is 4.99. The van der Waals surface area contributed by atoms with Gasteiger partial charge in [-0.05, 0) is 19.3 Å². The molecule has 84 valence electrons. The molecular formula is C13H20O2. The maximum Gasteiger partial charge on any atom is 0.161 e. The standard InChI is InChI=1S/C13H20O2/c1-11(2)13(14)10-15-12-8-6-4-3-5-7-9-12/h11-12H,3-6,8,10H2,1-2H3. The molecule has 0 aromatic rings. The highest BCUT2D eigenvalue weighted by atomic mass is 16.5. The minimum atomic E-state index is -0.0204. The van der Waals surface area contributed by atoms with Crippen LogP contribution in [0.25, 0.3) is 0 Å². The molecule has 0 N–H and O–H groups in total. The van der Waals surface area contributed by atoms with Gasteiger partial charge in [-0.1, -0.05) is 26.2 Å². The zero-order chi connectivity index (χ0) is 11.1. The molecule has 1 aliphatic carbocycles. The number of ketones is 1. The molecule has 2 nitrogen and oxygen atoms in total. The number of carbonyl (C=O) groups is 1. The Morgan fingerprint density at radius 2 is 2.20 bits per heavy atom. The molecule has 0 heterocycles. The smallest absolute Gasteiger partial charge is 0.161 e. The van der Waals surface area contributed by atoms with Crippen molar-refractivity contribution in [3.63, 3.8) is 0 Å². The Hall–Kier alpha value is -0.810. The van der Waals surface area contributed by atoms with Crippen LogP contribution in [0.15, 0.2) is 0 Å². The number of hydrogen-bond acceptors (Lipinski definition) is 2. The van der Waals surface area contributed by atoms with Gasteiger partial charge in [0.1, 0.15) is 12.7 Å². The highest BCUT2D eigenvalue weighted by Crippen LogP contribution is 2.11. The van der Waals surface area contributed by atoms with Gasteiger partial charge in [0.25, 0.3) is 0 Å². The number of hydrogen-bond donors (Lipinski definition) is 0. The monoisotopic (exact) mass is 208 g/mol. The van der Waals surface area contributed by atoms with Gasteiger partial charge in [0, 0.05) is 12.3 Å². The topological polar surface area (TPSA) is 26.3 Å². The minimum Gasteiger partial charge on any atom is -0.358 e. The first-order chi connectivity index (χ1) is 7.20. The van der Waals surface area contributed by atoms with Crippen LogP contribution < -0.4 is 0 Å². The molecule has 0 aromatic carbocycles. The Morgan fingerprint density at radius 3 is 2.93 bits per heavy atom. The predicted molar refractivity (Wildman–Crippen MR) is 60.4 cm³/mol. The van der Waals surface area contributed by atoms with E-state index in [1.807, 2.05) is 13.8 Å². The van der Waals surface area contributed by atoms with Crippen molar-refractivity contribution in [2.45, 2.75) is 52.1 Å². The molecule has 0 aliphatic heterocycles. The molecule has 0 spiro atoms. The van der Waals surface area contributed by atoms with Crippen molar-refractivity contribution >= 4 is 5.78 Å².